The van der Waals surface area contributed by atoms with Crippen molar-refractivity contribution in [2.75, 3.05) is 5.32 Å². The highest BCUT2D eigenvalue weighted by Crippen LogP contribution is 2.17. The first-order chi connectivity index (χ1) is 10.5. The van der Waals surface area contributed by atoms with Crippen LogP contribution in [0.2, 0.25) is 0 Å². The van der Waals surface area contributed by atoms with Crippen LogP contribution in [0, 0.1) is 5.82 Å². The smallest absolute Gasteiger partial charge is 0.387 e. The highest BCUT2D eigenvalue weighted by molar-refractivity contribution is 6.01. The molecular formula is C16H12F3NO2. The Hall–Kier alpha value is -2.76. The highest BCUT2D eigenvalue weighted by Gasteiger charge is 2.04. The molecule has 6 heteroatoms. The lowest BCUT2D eigenvalue weighted by Crippen LogP contribution is -2.08. The third kappa shape index (κ3) is 4.97. The van der Waals surface area contributed by atoms with Crippen molar-refractivity contribution < 1.29 is 22.7 Å². The Labute approximate surface area is 125 Å². The summed E-state index contributed by atoms with van der Waals surface area (Å²) in [6.45, 7) is -2.89. The van der Waals surface area contributed by atoms with E-state index in [0.717, 1.165) is 0 Å². The molecule has 0 aliphatic heterocycles. The number of alkyl halides is 2. The predicted molar refractivity (Wildman–Crippen MR) is 77.1 cm³/mol. The first-order valence-corrected chi connectivity index (χ1v) is 6.32. The molecule has 0 bridgehead atoms. The Kier molecular flexibility index (Phi) is 5.19. The van der Waals surface area contributed by atoms with Gasteiger partial charge in [-0.3, -0.25) is 4.79 Å². The van der Waals surface area contributed by atoms with Gasteiger partial charge < -0.3 is 10.1 Å². The van der Waals surface area contributed by atoms with E-state index >= 15 is 0 Å². The minimum Gasteiger partial charge on any atom is -0.435 e. The first kappa shape index (κ1) is 15.6. The molecule has 1 N–H and O–H groups in total. The van der Waals surface area contributed by atoms with Crippen LogP contribution in [0.3, 0.4) is 0 Å². The molecule has 3 nitrogen and oxygen atoms in total. The molecule has 114 valence electrons. The summed E-state index contributed by atoms with van der Waals surface area (Å²) >= 11 is 0. The fourth-order valence-electron chi connectivity index (χ4n) is 1.65. The summed E-state index contributed by atoms with van der Waals surface area (Å²) in [5.41, 5.74) is 1.12. The Morgan fingerprint density at radius 1 is 1.05 bits per heavy atom. The molecule has 0 aromatic heterocycles. The lowest BCUT2D eigenvalue weighted by Gasteiger charge is -2.06. The molecule has 0 radical (unpaired) electrons. The lowest BCUT2D eigenvalue weighted by molar-refractivity contribution is -0.111. The van der Waals surface area contributed by atoms with Gasteiger partial charge in [0.2, 0.25) is 5.91 Å². The number of benzene rings is 2. The van der Waals surface area contributed by atoms with E-state index in [1.807, 2.05) is 0 Å². The number of nitrogens with one attached hydrogen (secondary N) is 1. The quantitative estimate of drug-likeness (QED) is 0.845. The van der Waals surface area contributed by atoms with Crippen molar-refractivity contribution in [2.24, 2.45) is 0 Å². The summed E-state index contributed by atoms with van der Waals surface area (Å²) in [5, 5.41) is 2.56. The number of hydrogen-bond acceptors (Lipinski definition) is 2. The minimum atomic E-state index is -2.89. The van der Waals surface area contributed by atoms with E-state index in [-0.39, 0.29) is 11.6 Å². The van der Waals surface area contributed by atoms with E-state index in [0.29, 0.717) is 11.3 Å². The molecule has 2 aromatic carbocycles. The van der Waals surface area contributed by atoms with Crippen molar-refractivity contribution in [3.63, 3.8) is 0 Å². The highest BCUT2D eigenvalue weighted by atomic mass is 19.3. The van der Waals surface area contributed by atoms with Crippen LogP contribution in [0.1, 0.15) is 5.56 Å². The van der Waals surface area contributed by atoms with Gasteiger partial charge in [-0.25, -0.2) is 4.39 Å². The standard InChI is InChI=1S/C16H12F3NO2/c17-12-4-1-11(2-5-12)3-10-15(21)20-13-6-8-14(9-7-13)22-16(18)19/h1-10,16H,(H,20,21)/b10-3+. The fraction of sp³-hybridized carbons (Fsp3) is 0.0625. The summed E-state index contributed by atoms with van der Waals surface area (Å²) < 4.78 is 40.9. The number of halogens is 3. The monoisotopic (exact) mass is 307 g/mol. The summed E-state index contributed by atoms with van der Waals surface area (Å²) in [7, 11) is 0. The zero-order valence-corrected chi connectivity index (χ0v) is 11.3. The Balaban J connectivity index is 1.92. The fourth-order valence-corrected chi connectivity index (χ4v) is 1.65. The maximum absolute atomic E-state index is 12.7. The summed E-state index contributed by atoms with van der Waals surface area (Å²) in [5.74, 6) is -0.741. The maximum Gasteiger partial charge on any atom is 0.387 e. The van der Waals surface area contributed by atoms with Gasteiger partial charge in [0, 0.05) is 11.8 Å². The third-order valence-electron chi connectivity index (χ3n) is 2.64. The maximum atomic E-state index is 12.7. The zero-order chi connectivity index (χ0) is 15.9. The van der Waals surface area contributed by atoms with Gasteiger partial charge in [0.15, 0.2) is 0 Å². The third-order valence-corrected chi connectivity index (χ3v) is 2.64. The molecule has 2 rings (SSSR count). The Bertz CT molecular complexity index is 652. The van der Waals surface area contributed by atoms with Crippen LogP contribution in [-0.4, -0.2) is 12.5 Å². The molecule has 0 spiro atoms. The second-order valence-corrected chi connectivity index (χ2v) is 4.28. The lowest BCUT2D eigenvalue weighted by atomic mass is 10.2. The number of carbonyl (C=O) groups excluding carboxylic acids is 1. The van der Waals surface area contributed by atoms with Gasteiger partial charge in [-0.2, -0.15) is 8.78 Å². The van der Waals surface area contributed by atoms with E-state index in [9.17, 15) is 18.0 Å². The van der Waals surface area contributed by atoms with Crippen LogP contribution in [0.4, 0.5) is 18.9 Å². The van der Waals surface area contributed by atoms with Crippen molar-refractivity contribution in [1.29, 1.82) is 0 Å². The molecule has 0 aliphatic carbocycles. The van der Waals surface area contributed by atoms with E-state index < -0.39 is 12.5 Å². The van der Waals surface area contributed by atoms with Crippen molar-refractivity contribution in [3.8, 4) is 5.75 Å². The van der Waals surface area contributed by atoms with Crippen LogP contribution < -0.4 is 10.1 Å². The molecule has 2 aromatic rings. The van der Waals surface area contributed by atoms with Crippen molar-refractivity contribution in [3.05, 3.63) is 66.0 Å². The topological polar surface area (TPSA) is 38.3 Å². The Morgan fingerprint density at radius 3 is 2.27 bits per heavy atom. The van der Waals surface area contributed by atoms with Gasteiger partial charge in [0.25, 0.3) is 0 Å². The van der Waals surface area contributed by atoms with Crippen LogP contribution in [0.15, 0.2) is 54.6 Å². The van der Waals surface area contributed by atoms with E-state index in [4.69, 9.17) is 0 Å². The molecule has 0 atom stereocenters. The Morgan fingerprint density at radius 2 is 1.68 bits per heavy atom. The van der Waals surface area contributed by atoms with E-state index in [2.05, 4.69) is 10.1 Å². The molecule has 22 heavy (non-hydrogen) atoms. The molecule has 0 saturated heterocycles. The van der Waals surface area contributed by atoms with Gasteiger partial charge >= 0.3 is 6.61 Å². The van der Waals surface area contributed by atoms with Crippen LogP contribution in [-0.2, 0) is 4.79 Å². The van der Waals surface area contributed by atoms with Crippen molar-refractivity contribution in [2.45, 2.75) is 6.61 Å². The number of amides is 1. The average molecular weight is 307 g/mol. The normalized spacial score (nSPS) is 10.9. The molecule has 0 heterocycles. The number of hydrogen-bond donors (Lipinski definition) is 1. The molecule has 0 unspecified atom stereocenters. The number of rotatable bonds is 5. The van der Waals surface area contributed by atoms with Gasteiger partial charge in [-0.15, -0.1) is 0 Å². The van der Waals surface area contributed by atoms with Gasteiger partial charge in [-0.1, -0.05) is 12.1 Å². The van der Waals surface area contributed by atoms with Gasteiger partial charge in [-0.05, 0) is 48.0 Å². The van der Waals surface area contributed by atoms with Crippen LogP contribution in [0.5, 0.6) is 5.75 Å². The largest absolute Gasteiger partial charge is 0.435 e. The molecule has 0 aliphatic rings. The second-order valence-electron chi connectivity index (χ2n) is 4.28. The molecular weight excluding hydrogens is 295 g/mol. The molecule has 0 fully saturated rings. The van der Waals surface area contributed by atoms with Crippen LogP contribution in [0.25, 0.3) is 6.08 Å². The van der Waals surface area contributed by atoms with Crippen molar-refractivity contribution in [1.82, 2.24) is 0 Å². The van der Waals surface area contributed by atoms with Crippen molar-refractivity contribution >= 4 is 17.7 Å². The predicted octanol–water partition coefficient (Wildman–Crippen LogP) is 4.08. The summed E-state index contributed by atoms with van der Waals surface area (Å²) in [6, 6.07) is 11.2. The van der Waals surface area contributed by atoms with Crippen LogP contribution >= 0.6 is 0 Å². The molecule has 1 amide bonds. The second kappa shape index (κ2) is 7.31. The van der Waals surface area contributed by atoms with Gasteiger partial charge in [0.1, 0.15) is 11.6 Å². The number of anilines is 1. The molecule has 0 saturated carbocycles. The first-order valence-electron chi connectivity index (χ1n) is 6.32. The van der Waals surface area contributed by atoms with E-state index in [1.165, 1.54) is 60.7 Å². The average Bonchev–Trinajstić information content (AvgIpc) is 2.48. The van der Waals surface area contributed by atoms with Gasteiger partial charge in [0.05, 0.1) is 0 Å². The summed E-state index contributed by atoms with van der Waals surface area (Å²) in [6.07, 6.45) is 2.82. The van der Waals surface area contributed by atoms with E-state index in [1.54, 1.807) is 0 Å². The zero-order valence-electron chi connectivity index (χ0n) is 11.3. The summed E-state index contributed by atoms with van der Waals surface area (Å²) in [4.78, 5) is 11.7. The minimum absolute atomic E-state index is 0.00912. The SMILES string of the molecule is O=C(/C=C/c1ccc(F)cc1)Nc1ccc(OC(F)F)cc1. The number of ether oxygens (including phenoxy) is 1. The number of carbonyl (C=O) groups is 1.